The zero-order chi connectivity index (χ0) is 13.2. The first-order valence-corrected chi connectivity index (χ1v) is 7.30. The van der Waals surface area contributed by atoms with Gasteiger partial charge in [-0.3, -0.25) is 4.40 Å². The minimum atomic E-state index is 0.737. The second kappa shape index (κ2) is 5.22. The van der Waals surface area contributed by atoms with E-state index in [0.29, 0.717) is 0 Å². The third-order valence-electron chi connectivity index (χ3n) is 3.06. The molecule has 0 bridgehead atoms. The van der Waals surface area contributed by atoms with Gasteiger partial charge in [-0.15, -0.1) is 10.2 Å². The molecule has 0 aliphatic rings. The Bertz CT molecular complexity index is 703. The molecule has 19 heavy (non-hydrogen) atoms. The number of fused-ring (bicyclic) bond motifs is 3. The summed E-state index contributed by atoms with van der Waals surface area (Å²) in [6.45, 7) is 3.50. The van der Waals surface area contributed by atoms with E-state index >= 15 is 0 Å². The lowest BCUT2D eigenvalue weighted by atomic mass is 10.3. The fourth-order valence-electron chi connectivity index (χ4n) is 2.16. The highest BCUT2D eigenvalue weighted by Gasteiger charge is 2.14. The fraction of sp³-hybridized carbons (Fsp3) is 0.385. The molecule has 0 unspecified atom stereocenters. The molecule has 0 atom stereocenters. The molecule has 0 N–H and O–H groups in total. The Morgan fingerprint density at radius 3 is 2.79 bits per heavy atom. The van der Waals surface area contributed by atoms with Gasteiger partial charge in [0.2, 0.25) is 5.78 Å². The van der Waals surface area contributed by atoms with Crippen LogP contribution in [0.3, 0.4) is 0 Å². The largest absolute Gasteiger partial charge is 0.381 e. The number of rotatable bonds is 5. The van der Waals surface area contributed by atoms with Gasteiger partial charge in [0.15, 0.2) is 5.16 Å². The molecule has 0 aliphatic carbocycles. The Kier molecular flexibility index (Phi) is 3.44. The number of hydrogen-bond acceptors (Lipinski definition) is 4. The molecule has 2 aromatic heterocycles. The topological polar surface area (TPSA) is 44.4 Å². The first kappa shape index (κ1) is 12.5. The molecule has 6 heteroatoms. The van der Waals surface area contributed by atoms with Crippen molar-refractivity contribution < 1.29 is 4.74 Å². The summed E-state index contributed by atoms with van der Waals surface area (Å²) in [4.78, 5) is 0. The summed E-state index contributed by atoms with van der Waals surface area (Å²) in [7, 11) is 2.01. The Morgan fingerprint density at radius 1 is 1.21 bits per heavy atom. The third-order valence-corrected chi connectivity index (χ3v) is 3.96. The number of nitrogens with zero attached hydrogens (tertiary/aromatic N) is 4. The molecule has 0 saturated carbocycles. The number of imidazole rings is 1. The summed E-state index contributed by atoms with van der Waals surface area (Å²) in [6.07, 6.45) is 0. The van der Waals surface area contributed by atoms with Gasteiger partial charge in [-0.1, -0.05) is 23.9 Å². The number of ether oxygens (including phenoxy) is 1. The number of hydrogen-bond donors (Lipinski definition) is 0. The smallest absolute Gasteiger partial charge is 0.236 e. The van der Waals surface area contributed by atoms with Crippen LogP contribution in [0, 0.1) is 0 Å². The normalized spacial score (nSPS) is 11.7. The predicted molar refractivity (Wildman–Crippen MR) is 76.7 cm³/mol. The summed E-state index contributed by atoms with van der Waals surface area (Å²) in [5.41, 5.74) is 2.31. The molecule has 1 aromatic carbocycles. The summed E-state index contributed by atoms with van der Waals surface area (Å²) in [5.74, 6) is 1.76. The molecule has 3 rings (SSSR count). The van der Waals surface area contributed by atoms with Crippen LogP contribution in [0.5, 0.6) is 0 Å². The highest BCUT2D eigenvalue weighted by Crippen LogP contribution is 2.24. The number of benzene rings is 1. The lowest BCUT2D eigenvalue weighted by molar-refractivity contribution is 0.164. The molecule has 0 fully saturated rings. The van der Waals surface area contributed by atoms with E-state index in [1.807, 2.05) is 26.1 Å². The molecular weight excluding hydrogens is 260 g/mol. The number of aromatic nitrogens is 4. The van der Waals surface area contributed by atoms with Crippen molar-refractivity contribution in [2.45, 2.75) is 12.1 Å². The van der Waals surface area contributed by atoms with Gasteiger partial charge in [0.1, 0.15) is 0 Å². The van der Waals surface area contributed by atoms with Crippen molar-refractivity contribution in [1.29, 1.82) is 0 Å². The van der Waals surface area contributed by atoms with Crippen molar-refractivity contribution in [3.63, 3.8) is 0 Å². The molecule has 0 amide bonds. The van der Waals surface area contributed by atoms with Crippen LogP contribution >= 0.6 is 11.8 Å². The van der Waals surface area contributed by atoms with E-state index in [2.05, 4.69) is 31.3 Å². The Morgan fingerprint density at radius 2 is 2.00 bits per heavy atom. The molecule has 2 heterocycles. The van der Waals surface area contributed by atoms with Gasteiger partial charge in [0.25, 0.3) is 0 Å². The van der Waals surface area contributed by atoms with Gasteiger partial charge >= 0.3 is 0 Å². The number of thioether (sulfide) groups is 1. The Hall–Kier alpha value is -1.53. The van der Waals surface area contributed by atoms with E-state index in [-0.39, 0.29) is 0 Å². The second-order valence-electron chi connectivity index (χ2n) is 4.21. The average molecular weight is 276 g/mol. The van der Waals surface area contributed by atoms with Crippen LogP contribution in [-0.4, -0.2) is 38.1 Å². The van der Waals surface area contributed by atoms with Crippen molar-refractivity contribution in [3.05, 3.63) is 24.3 Å². The van der Waals surface area contributed by atoms with Gasteiger partial charge in [-0.2, -0.15) is 0 Å². The zero-order valence-corrected chi connectivity index (χ0v) is 11.9. The number of aryl methyl sites for hydroxylation is 1. The van der Waals surface area contributed by atoms with Crippen molar-refractivity contribution in [2.24, 2.45) is 7.05 Å². The van der Waals surface area contributed by atoms with E-state index in [4.69, 9.17) is 4.74 Å². The zero-order valence-electron chi connectivity index (χ0n) is 11.0. The Labute approximate surface area is 115 Å². The number of para-hydroxylation sites is 2. The summed E-state index contributed by atoms with van der Waals surface area (Å²) in [5, 5.41) is 9.45. The maximum Gasteiger partial charge on any atom is 0.236 e. The van der Waals surface area contributed by atoms with Gasteiger partial charge in [0, 0.05) is 19.4 Å². The molecule has 0 radical (unpaired) electrons. The second-order valence-corrected chi connectivity index (χ2v) is 5.27. The maximum absolute atomic E-state index is 5.35. The monoisotopic (exact) mass is 276 g/mol. The van der Waals surface area contributed by atoms with Crippen molar-refractivity contribution in [1.82, 2.24) is 19.2 Å². The average Bonchev–Trinajstić information content (AvgIpc) is 2.97. The highest BCUT2D eigenvalue weighted by molar-refractivity contribution is 7.99. The third kappa shape index (κ3) is 2.11. The molecule has 0 aliphatic heterocycles. The lowest BCUT2D eigenvalue weighted by Gasteiger charge is -1.99. The van der Waals surface area contributed by atoms with Gasteiger partial charge < -0.3 is 9.30 Å². The van der Waals surface area contributed by atoms with Crippen LogP contribution in [0.4, 0.5) is 0 Å². The Balaban J connectivity index is 1.99. The van der Waals surface area contributed by atoms with Crippen LogP contribution in [0.25, 0.3) is 16.8 Å². The molecule has 5 nitrogen and oxygen atoms in total. The van der Waals surface area contributed by atoms with Crippen molar-refractivity contribution in [3.8, 4) is 0 Å². The quantitative estimate of drug-likeness (QED) is 0.530. The molecule has 0 spiro atoms. The SMILES string of the molecule is CCOCCSc1nnc2n(C)c3ccccc3n12. The van der Waals surface area contributed by atoms with Crippen LogP contribution in [0.2, 0.25) is 0 Å². The molecule has 3 aromatic rings. The van der Waals surface area contributed by atoms with E-state index < -0.39 is 0 Å². The van der Waals surface area contributed by atoms with Crippen molar-refractivity contribution in [2.75, 3.05) is 19.0 Å². The predicted octanol–water partition coefficient (Wildman–Crippen LogP) is 2.35. The first-order chi connectivity index (χ1) is 9.33. The van der Waals surface area contributed by atoms with Crippen LogP contribution in [-0.2, 0) is 11.8 Å². The molecule has 0 saturated heterocycles. The van der Waals surface area contributed by atoms with Gasteiger partial charge in [-0.05, 0) is 19.1 Å². The highest BCUT2D eigenvalue weighted by atomic mass is 32.2. The van der Waals surface area contributed by atoms with Gasteiger partial charge in [0.05, 0.1) is 17.6 Å². The summed E-state index contributed by atoms with van der Waals surface area (Å²) < 4.78 is 9.52. The first-order valence-electron chi connectivity index (χ1n) is 6.32. The van der Waals surface area contributed by atoms with E-state index in [9.17, 15) is 0 Å². The van der Waals surface area contributed by atoms with Crippen LogP contribution in [0.15, 0.2) is 29.4 Å². The summed E-state index contributed by atoms with van der Waals surface area (Å²) in [6, 6.07) is 8.27. The van der Waals surface area contributed by atoms with Crippen molar-refractivity contribution >= 4 is 28.6 Å². The standard InChI is InChI=1S/C13H16N4OS/c1-3-18-8-9-19-13-15-14-12-16(2)10-6-4-5-7-11(10)17(12)13/h4-7H,3,8-9H2,1-2H3. The van der Waals surface area contributed by atoms with E-state index in [1.54, 1.807) is 11.8 Å². The minimum Gasteiger partial charge on any atom is -0.381 e. The maximum atomic E-state index is 5.35. The van der Waals surface area contributed by atoms with E-state index in [1.165, 1.54) is 5.52 Å². The molecule has 100 valence electrons. The fourth-order valence-corrected chi connectivity index (χ4v) is 2.96. The van der Waals surface area contributed by atoms with E-state index in [0.717, 1.165) is 35.4 Å². The van der Waals surface area contributed by atoms with Crippen LogP contribution in [0.1, 0.15) is 6.92 Å². The van der Waals surface area contributed by atoms with Crippen LogP contribution < -0.4 is 0 Å². The van der Waals surface area contributed by atoms with Gasteiger partial charge in [-0.25, -0.2) is 0 Å². The minimum absolute atomic E-state index is 0.737. The lowest BCUT2D eigenvalue weighted by Crippen LogP contribution is -1.97. The molecular formula is C13H16N4OS. The summed E-state index contributed by atoms with van der Waals surface area (Å²) >= 11 is 1.68.